The molecular formula is C17H14N2O4S2. The molecular weight excluding hydrogens is 360 g/mol. The van der Waals surface area contributed by atoms with E-state index in [2.05, 4.69) is 4.98 Å². The molecule has 1 fully saturated rings. The van der Waals surface area contributed by atoms with Gasteiger partial charge in [-0.05, 0) is 25.1 Å². The topological polar surface area (TPSA) is 79.7 Å². The van der Waals surface area contributed by atoms with Crippen molar-refractivity contribution in [2.24, 2.45) is 0 Å². The van der Waals surface area contributed by atoms with E-state index in [0.29, 0.717) is 28.5 Å². The lowest BCUT2D eigenvalue weighted by molar-refractivity contribution is -0.140. The Balaban J connectivity index is 1.96. The normalized spacial score (nSPS) is 16.0. The number of carboxylic acid groups (broad SMARTS) is 1. The molecule has 2 aromatic rings. The zero-order valence-corrected chi connectivity index (χ0v) is 14.9. The van der Waals surface area contributed by atoms with E-state index in [-0.39, 0.29) is 4.32 Å². The van der Waals surface area contributed by atoms with E-state index in [0.717, 1.165) is 22.0 Å². The standard InChI is InChI=1S/C17H14N2O4S2/c1-2-23-12-5-3-4-10-6-7-11(18-15(10)12)8-13-16(22)19(9-14(20)21)17(24)25-13/h3-8H,2,9H2,1H3,(H,20,21). The zero-order chi connectivity index (χ0) is 18.0. The van der Waals surface area contributed by atoms with Crippen LogP contribution < -0.4 is 4.74 Å². The van der Waals surface area contributed by atoms with E-state index in [9.17, 15) is 9.59 Å². The van der Waals surface area contributed by atoms with Gasteiger partial charge in [0, 0.05) is 5.39 Å². The van der Waals surface area contributed by atoms with E-state index >= 15 is 0 Å². The van der Waals surface area contributed by atoms with Crippen LogP contribution in [0.15, 0.2) is 35.2 Å². The number of hydrogen-bond acceptors (Lipinski definition) is 6. The molecule has 0 radical (unpaired) electrons. The first-order valence-electron chi connectivity index (χ1n) is 7.49. The first kappa shape index (κ1) is 17.4. The summed E-state index contributed by atoms with van der Waals surface area (Å²) in [5.41, 5.74) is 1.29. The fourth-order valence-electron chi connectivity index (χ4n) is 2.39. The molecule has 0 bridgehead atoms. The first-order valence-corrected chi connectivity index (χ1v) is 8.72. The van der Waals surface area contributed by atoms with Crippen LogP contribution in [0.3, 0.4) is 0 Å². The third kappa shape index (κ3) is 3.64. The summed E-state index contributed by atoms with van der Waals surface area (Å²) in [6.07, 6.45) is 1.61. The average molecular weight is 374 g/mol. The van der Waals surface area contributed by atoms with E-state index in [1.165, 1.54) is 0 Å². The van der Waals surface area contributed by atoms with Gasteiger partial charge in [0.25, 0.3) is 5.91 Å². The summed E-state index contributed by atoms with van der Waals surface area (Å²) in [4.78, 5) is 29.2. The number of pyridine rings is 1. The Morgan fingerprint density at radius 1 is 1.40 bits per heavy atom. The predicted octanol–water partition coefficient (Wildman–Crippen LogP) is 2.92. The van der Waals surface area contributed by atoms with E-state index < -0.39 is 18.4 Å². The van der Waals surface area contributed by atoms with Gasteiger partial charge in [0.2, 0.25) is 0 Å². The van der Waals surface area contributed by atoms with Gasteiger partial charge in [-0.15, -0.1) is 0 Å². The van der Waals surface area contributed by atoms with Crippen molar-refractivity contribution in [3.05, 3.63) is 40.9 Å². The van der Waals surface area contributed by atoms with Gasteiger partial charge in [-0.1, -0.05) is 42.2 Å². The molecule has 1 aromatic heterocycles. The Morgan fingerprint density at radius 3 is 2.92 bits per heavy atom. The molecule has 0 atom stereocenters. The quantitative estimate of drug-likeness (QED) is 0.637. The van der Waals surface area contributed by atoms with Crippen molar-refractivity contribution in [2.75, 3.05) is 13.2 Å². The van der Waals surface area contributed by atoms with Crippen molar-refractivity contribution in [3.63, 3.8) is 0 Å². The molecule has 1 amide bonds. The highest BCUT2D eigenvalue weighted by Crippen LogP contribution is 2.32. The number of carbonyl (C=O) groups excluding carboxylic acids is 1. The molecule has 8 heteroatoms. The molecule has 1 aliphatic heterocycles. The highest BCUT2D eigenvalue weighted by molar-refractivity contribution is 8.26. The van der Waals surface area contributed by atoms with Crippen LogP contribution in [-0.2, 0) is 9.59 Å². The van der Waals surface area contributed by atoms with Gasteiger partial charge in [0.15, 0.2) is 0 Å². The number of benzene rings is 1. The lowest BCUT2D eigenvalue weighted by Crippen LogP contribution is -2.33. The number of rotatable bonds is 5. The number of thioether (sulfide) groups is 1. The molecule has 0 saturated carbocycles. The van der Waals surface area contributed by atoms with Crippen LogP contribution in [-0.4, -0.2) is 44.3 Å². The van der Waals surface area contributed by atoms with Crippen LogP contribution in [0, 0.1) is 0 Å². The molecule has 6 nitrogen and oxygen atoms in total. The molecule has 1 N–H and O–H groups in total. The van der Waals surface area contributed by atoms with Crippen LogP contribution in [0.5, 0.6) is 5.75 Å². The van der Waals surface area contributed by atoms with Crippen LogP contribution in [0.1, 0.15) is 12.6 Å². The van der Waals surface area contributed by atoms with Crippen molar-refractivity contribution in [1.82, 2.24) is 9.88 Å². The van der Waals surface area contributed by atoms with Crippen molar-refractivity contribution in [1.29, 1.82) is 0 Å². The summed E-state index contributed by atoms with van der Waals surface area (Å²) in [5.74, 6) is -0.853. The van der Waals surface area contributed by atoms with Gasteiger partial charge in [0.05, 0.1) is 17.2 Å². The predicted molar refractivity (Wildman–Crippen MR) is 100 cm³/mol. The average Bonchev–Trinajstić information content (AvgIpc) is 2.83. The molecule has 1 aromatic carbocycles. The maximum Gasteiger partial charge on any atom is 0.323 e. The Bertz CT molecular complexity index is 911. The summed E-state index contributed by atoms with van der Waals surface area (Å²) >= 11 is 6.16. The number of para-hydroxylation sites is 1. The monoisotopic (exact) mass is 374 g/mol. The van der Waals surface area contributed by atoms with Crippen molar-refractivity contribution < 1.29 is 19.4 Å². The number of hydrogen-bond donors (Lipinski definition) is 1. The Hall–Kier alpha value is -2.45. The smallest absolute Gasteiger partial charge is 0.323 e. The van der Waals surface area contributed by atoms with E-state index in [1.807, 2.05) is 31.2 Å². The zero-order valence-electron chi connectivity index (χ0n) is 13.3. The van der Waals surface area contributed by atoms with Crippen LogP contribution >= 0.6 is 24.0 Å². The highest BCUT2D eigenvalue weighted by atomic mass is 32.2. The molecule has 2 heterocycles. The fraction of sp³-hybridized carbons (Fsp3) is 0.176. The van der Waals surface area contributed by atoms with Crippen molar-refractivity contribution >= 4 is 57.2 Å². The minimum atomic E-state index is -1.11. The second kappa shape index (κ2) is 7.20. The summed E-state index contributed by atoms with van der Waals surface area (Å²) in [5, 5.41) is 9.81. The van der Waals surface area contributed by atoms with Crippen molar-refractivity contribution in [2.45, 2.75) is 6.92 Å². The third-order valence-electron chi connectivity index (χ3n) is 3.45. The molecule has 0 spiro atoms. The number of carbonyl (C=O) groups is 2. The number of aromatic nitrogens is 1. The van der Waals surface area contributed by atoms with Crippen LogP contribution in [0.2, 0.25) is 0 Å². The lowest BCUT2D eigenvalue weighted by Gasteiger charge is -2.10. The first-order chi connectivity index (χ1) is 12.0. The van der Waals surface area contributed by atoms with Crippen LogP contribution in [0.25, 0.3) is 17.0 Å². The summed E-state index contributed by atoms with van der Waals surface area (Å²) in [6, 6.07) is 9.36. The lowest BCUT2D eigenvalue weighted by atomic mass is 10.2. The number of aliphatic carboxylic acids is 1. The van der Waals surface area contributed by atoms with Gasteiger partial charge < -0.3 is 9.84 Å². The Labute approximate surface area is 153 Å². The maximum absolute atomic E-state index is 12.3. The van der Waals surface area contributed by atoms with E-state index in [4.69, 9.17) is 22.1 Å². The molecule has 0 aliphatic carbocycles. The van der Waals surface area contributed by atoms with Gasteiger partial charge in [-0.3, -0.25) is 14.5 Å². The highest BCUT2D eigenvalue weighted by Gasteiger charge is 2.33. The fourth-order valence-corrected chi connectivity index (χ4v) is 3.63. The van der Waals surface area contributed by atoms with Gasteiger partial charge >= 0.3 is 5.97 Å². The summed E-state index contributed by atoms with van der Waals surface area (Å²) in [7, 11) is 0. The van der Waals surface area contributed by atoms with Crippen molar-refractivity contribution in [3.8, 4) is 5.75 Å². The maximum atomic E-state index is 12.3. The van der Waals surface area contributed by atoms with E-state index in [1.54, 1.807) is 12.1 Å². The molecule has 3 rings (SSSR count). The Kier molecular flexibility index (Phi) is 5.00. The molecule has 0 unspecified atom stereocenters. The number of thiocarbonyl (C=S) groups is 1. The van der Waals surface area contributed by atoms with Gasteiger partial charge in [-0.2, -0.15) is 0 Å². The number of carboxylic acids is 1. The number of nitrogens with zero attached hydrogens (tertiary/aromatic N) is 2. The minimum Gasteiger partial charge on any atom is -0.492 e. The summed E-state index contributed by atoms with van der Waals surface area (Å²) in [6.45, 7) is 1.98. The molecule has 25 heavy (non-hydrogen) atoms. The Morgan fingerprint density at radius 2 is 2.20 bits per heavy atom. The third-order valence-corrected chi connectivity index (χ3v) is 4.83. The summed E-state index contributed by atoms with van der Waals surface area (Å²) < 4.78 is 5.82. The molecule has 1 saturated heterocycles. The van der Waals surface area contributed by atoms with Crippen LogP contribution in [0.4, 0.5) is 0 Å². The molecule has 1 aliphatic rings. The second-order valence-electron chi connectivity index (χ2n) is 5.16. The number of ether oxygens (including phenoxy) is 1. The number of amides is 1. The number of fused-ring (bicyclic) bond motifs is 1. The van der Waals surface area contributed by atoms with Gasteiger partial charge in [0.1, 0.15) is 22.1 Å². The largest absolute Gasteiger partial charge is 0.492 e. The van der Waals surface area contributed by atoms with Gasteiger partial charge in [-0.25, -0.2) is 4.98 Å². The molecule has 128 valence electrons. The minimum absolute atomic E-state index is 0.231. The second-order valence-corrected chi connectivity index (χ2v) is 6.83. The SMILES string of the molecule is CCOc1cccc2ccc(C=C3SC(=S)N(CC(=O)O)C3=O)nc12.